The van der Waals surface area contributed by atoms with Crippen LogP contribution in [0.5, 0.6) is 5.75 Å². The van der Waals surface area contributed by atoms with Gasteiger partial charge in [-0.15, -0.1) is 13.2 Å². The number of hydrogen-bond donors (Lipinski definition) is 1. The summed E-state index contributed by atoms with van der Waals surface area (Å²) >= 11 is 0. The van der Waals surface area contributed by atoms with Crippen molar-refractivity contribution >= 4 is 10.9 Å². The molecule has 4 heterocycles. The highest BCUT2D eigenvalue weighted by Crippen LogP contribution is 2.33. The van der Waals surface area contributed by atoms with Gasteiger partial charge in [-0.2, -0.15) is 10.2 Å². The van der Waals surface area contributed by atoms with E-state index in [4.69, 9.17) is 0 Å². The maximum Gasteiger partial charge on any atom is 0.573 e. The number of imidazole rings is 1. The number of hydrogen-bond acceptors (Lipinski definition) is 5. The molecule has 2 aromatic carbocycles. The molecule has 0 radical (unpaired) electrons. The molecule has 6 rings (SSSR count). The molecule has 0 spiro atoms. The molecule has 0 bridgehead atoms. The Bertz CT molecular complexity index is 1800. The van der Waals surface area contributed by atoms with Crippen LogP contribution in [0.4, 0.5) is 22.0 Å². The van der Waals surface area contributed by atoms with Crippen molar-refractivity contribution in [1.82, 2.24) is 34.0 Å². The minimum absolute atomic E-state index is 0.00648. The van der Waals surface area contributed by atoms with Crippen LogP contribution in [-0.2, 0) is 13.5 Å². The van der Waals surface area contributed by atoms with Crippen LogP contribution in [0.2, 0.25) is 0 Å². The summed E-state index contributed by atoms with van der Waals surface area (Å²) in [5, 5.41) is 12.1. The molecule has 14 heteroatoms. The number of aryl methyl sites for hydroxylation is 1. The third-order valence-corrected chi connectivity index (χ3v) is 6.71. The van der Waals surface area contributed by atoms with Crippen molar-refractivity contribution in [3.05, 3.63) is 82.3 Å². The van der Waals surface area contributed by atoms with Crippen molar-refractivity contribution in [1.29, 1.82) is 0 Å². The lowest BCUT2D eigenvalue weighted by molar-refractivity contribution is -0.275. The van der Waals surface area contributed by atoms with Gasteiger partial charge >= 0.3 is 12.1 Å². The second-order valence-corrected chi connectivity index (χ2v) is 9.10. The zero-order valence-corrected chi connectivity index (χ0v) is 20.5. The monoisotopic (exact) mass is 545 g/mol. The van der Waals surface area contributed by atoms with Gasteiger partial charge in [-0.25, -0.2) is 18.3 Å². The number of alkyl halides is 3. The lowest BCUT2D eigenvalue weighted by atomic mass is 10.0. The first-order valence-corrected chi connectivity index (χ1v) is 11.9. The minimum atomic E-state index is -5.11. The molecule has 0 saturated heterocycles. The second kappa shape index (κ2) is 8.80. The fourth-order valence-corrected chi connectivity index (χ4v) is 4.93. The normalized spacial score (nSPS) is 15.6. The van der Waals surface area contributed by atoms with Gasteiger partial charge in [0.25, 0.3) is 0 Å². The summed E-state index contributed by atoms with van der Waals surface area (Å²) in [7, 11) is 1.67. The van der Waals surface area contributed by atoms with Crippen molar-refractivity contribution in [2.24, 2.45) is 7.05 Å². The van der Waals surface area contributed by atoms with Crippen molar-refractivity contribution in [2.75, 3.05) is 6.54 Å². The van der Waals surface area contributed by atoms with Crippen LogP contribution in [0.15, 0.2) is 53.7 Å². The van der Waals surface area contributed by atoms with E-state index >= 15 is 4.39 Å². The molecule has 5 aromatic rings. The maximum atomic E-state index is 15.4. The van der Waals surface area contributed by atoms with Gasteiger partial charge in [-0.3, -0.25) is 13.8 Å². The Morgan fingerprint density at radius 1 is 1.10 bits per heavy atom. The van der Waals surface area contributed by atoms with E-state index in [1.54, 1.807) is 13.1 Å². The van der Waals surface area contributed by atoms with E-state index in [0.717, 1.165) is 16.7 Å². The predicted molar refractivity (Wildman–Crippen MR) is 129 cm³/mol. The van der Waals surface area contributed by atoms with Gasteiger partial charge in [0.05, 0.1) is 34.2 Å². The number of aromatic nitrogens is 6. The minimum Gasteiger partial charge on any atom is -0.403 e. The molecule has 1 N–H and O–H groups in total. The average Bonchev–Trinajstić information content (AvgIpc) is 3.56. The van der Waals surface area contributed by atoms with Gasteiger partial charge in [0.2, 0.25) is 0 Å². The molecule has 39 heavy (non-hydrogen) atoms. The number of benzene rings is 2. The number of rotatable bonds is 4. The van der Waals surface area contributed by atoms with E-state index in [0.29, 0.717) is 29.7 Å². The van der Waals surface area contributed by atoms with Crippen LogP contribution >= 0.6 is 0 Å². The smallest absolute Gasteiger partial charge is 0.403 e. The van der Waals surface area contributed by atoms with Gasteiger partial charge in [0.15, 0.2) is 17.4 Å². The number of ether oxygens (including phenoxy) is 1. The van der Waals surface area contributed by atoms with Crippen molar-refractivity contribution < 1.29 is 26.7 Å². The first-order valence-electron chi connectivity index (χ1n) is 11.9. The number of nitrogens with zero attached hydrogens (tertiary/aromatic N) is 6. The van der Waals surface area contributed by atoms with E-state index in [2.05, 4.69) is 20.3 Å². The van der Waals surface area contributed by atoms with Gasteiger partial charge in [-0.05, 0) is 31.2 Å². The van der Waals surface area contributed by atoms with Gasteiger partial charge in [0.1, 0.15) is 5.82 Å². The first-order chi connectivity index (χ1) is 18.5. The molecule has 202 valence electrons. The molecule has 0 aliphatic carbocycles. The molecule has 1 atom stereocenters. The number of fused-ring (bicyclic) bond motifs is 2. The zero-order chi connectivity index (χ0) is 27.6. The molecule has 1 aliphatic heterocycles. The second-order valence-electron chi connectivity index (χ2n) is 9.10. The van der Waals surface area contributed by atoms with Gasteiger partial charge in [0, 0.05) is 50.1 Å². The fourth-order valence-electron chi connectivity index (χ4n) is 4.93. The van der Waals surface area contributed by atoms with Crippen LogP contribution in [-0.4, -0.2) is 41.6 Å². The Morgan fingerprint density at radius 2 is 1.87 bits per heavy atom. The van der Waals surface area contributed by atoms with Crippen molar-refractivity contribution in [3.8, 4) is 22.9 Å². The molecule has 0 saturated carbocycles. The molecular formula is C25H20F5N7O2. The van der Waals surface area contributed by atoms with E-state index in [9.17, 15) is 22.4 Å². The molecule has 3 aromatic heterocycles. The largest absolute Gasteiger partial charge is 0.573 e. The van der Waals surface area contributed by atoms with Crippen molar-refractivity contribution in [2.45, 2.75) is 25.7 Å². The summed E-state index contributed by atoms with van der Waals surface area (Å²) in [6.45, 7) is 2.44. The molecule has 9 nitrogen and oxygen atoms in total. The van der Waals surface area contributed by atoms with E-state index < -0.39 is 29.4 Å². The highest BCUT2D eigenvalue weighted by atomic mass is 19.4. The molecule has 0 fully saturated rings. The Balaban J connectivity index is 1.54. The molecular weight excluding hydrogens is 525 g/mol. The van der Waals surface area contributed by atoms with Gasteiger partial charge in [-0.1, -0.05) is 0 Å². The van der Waals surface area contributed by atoms with E-state index in [-0.39, 0.29) is 28.6 Å². The Kier molecular flexibility index (Phi) is 5.61. The zero-order valence-electron chi connectivity index (χ0n) is 20.5. The fraction of sp³-hybridized carbons (Fsp3) is 0.240. The highest BCUT2D eigenvalue weighted by Gasteiger charge is 2.33. The lowest BCUT2D eigenvalue weighted by Crippen LogP contribution is -2.30. The summed E-state index contributed by atoms with van der Waals surface area (Å²) in [5.41, 5.74) is 1.17. The Labute approximate surface area is 216 Å². The van der Waals surface area contributed by atoms with Crippen LogP contribution in [0.3, 0.4) is 0 Å². The van der Waals surface area contributed by atoms with Crippen LogP contribution in [0.25, 0.3) is 28.1 Å². The summed E-state index contributed by atoms with van der Waals surface area (Å²) < 4.78 is 77.2. The third-order valence-electron chi connectivity index (χ3n) is 6.71. The summed E-state index contributed by atoms with van der Waals surface area (Å²) in [6, 6.07) is 5.75. The number of halogens is 5. The molecule has 0 unspecified atom stereocenters. The van der Waals surface area contributed by atoms with Crippen LogP contribution in [0.1, 0.15) is 24.2 Å². The van der Waals surface area contributed by atoms with E-state index in [1.807, 2.05) is 6.92 Å². The predicted octanol–water partition coefficient (Wildman–Crippen LogP) is 4.08. The average molecular weight is 545 g/mol. The Morgan fingerprint density at radius 3 is 2.64 bits per heavy atom. The number of nitrogens with one attached hydrogen (secondary N) is 1. The van der Waals surface area contributed by atoms with E-state index in [1.165, 1.54) is 44.7 Å². The topological polar surface area (TPSA) is 83.8 Å². The summed E-state index contributed by atoms with van der Waals surface area (Å²) in [5.74, 6) is -2.67. The first kappa shape index (κ1) is 24.9. The standard InChI is InChI=1S/C25H20F5N7O2/c1-13-21-17(7-8-31-13)33-37(14-3-4-16(26)20(11-14)39-25(28,29)30)23(21)36-10-9-35(24(36)38)19-6-5-18-15(22(19)27)12-32-34(18)2/h3-6,9-13,31H,7-8H2,1-2H3/t13-/m0/s1. The summed E-state index contributed by atoms with van der Waals surface area (Å²) in [4.78, 5) is 13.7. The lowest BCUT2D eigenvalue weighted by Gasteiger charge is -2.21. The van der Waals surface area contributed by atoms with Crippen LogP contribution < -0.4 is 15.7 Å². The highest BCUT2D eigenvalue weighted by molar-refractivity contribution is 5.81. The SMILES string of the molecule is C[C@@H]1NCCc2nn(-c3ccc(F)c(OC(F)(F)F)c3)c(-n3ccn(-c4ccc5c(cnn5C)c4F)c3=O)c21. The van der Waals surface area contributed by atoms with Crippen LogP contribution in [0, 0.1) is 11.6 Å². The Hall–Kier alpha value is -4.46. The quantitative estimate of drug-likeness (QED) is 0.344. The summed E-state index contributed by atoms with van der Waals surface area (Å²) in [6.07, 6.45) is -0.464. The van der Waals surface area contributed by atoms with Gasteiger partial charge < -0.3 is 10.1 Å². The maximum absolute atomic E-state index is 15.4. The van der Waals surface area contributed by atoms with Crippen molar-refractivity contribution in [3.63, 3.8) is 0 Å². The molecule has 0 amide bonds. The third kappa shape index (κ3) is 4.07. The molecule has 1 aliphatic rings.